The van der Waals surface area contributed by atoms with Crippen molar-refractivity contribution in [2.24, 2.45) is 0 Å². The van der Waals surface area contributed by atoms with Gasteiger partial charge in [0.05, 0.1) is 30.7 Å². The molecule has 39 heavy (non-hydrogen) atoms. The first-order valence-electron chi connectivity index (χ1n) is 13.9. The molecule has 4 heterocycles. The summed E-state index contributed by atoms with van der Waals surface area (Å²) in [5.74, 6) is 0. The Hall–Kier alpha value is -1.26. The number of thiophene rings is 2. The Kier molecular flexibility index (Phi) is 9.86. The largest absolute Gasteiger partial charge is 0.249 e. The average Bonchev–Trinajstić information content (AvgIpc) is 3.63. The molecule has 0 aliphatic carbocycles. The van der Waals surface area contributed by atoms with Crippen LogP contribution in [0.3, 0.4) is 0 Å². The van der Waals surface area contributed by atoms with E-state index < -0.39 is 0 Å². The zero-order valence-corrected chi connectivity index (χ0v) is 28.6. The van der Waals surface area contributed by atoms with E-state index in [9.17, 15) is 0 Å². The van der Waals surface area contributed by atoms with Crippen LogP contribution < -0.4 is 0 Å². The van der Waals surface area contributed by atoms with E-state index in [1.165, 1.54) is 91.5 Å². The lowest BCUT2D eigenvalue weighted by Gasteiger charge is -2.12. The molecule has 5 rings (SSSR count). The van der Waals surface area contributed by atoms with Gasteiger partial charge in [-0.05, 0) is 94.7 Å². The molecule has 206 valence electrons. The van der Waals surface area contributed by atoms with Crippen LogP contribution in [-0.4, -0.2) is 18.7 Å². The Bertz CT molecular complexity index is 1490. The summed E-state index contributed by atoms with van der Waals surface area (Å²) in [5, 5.41) is 0. The van der Waals surface area contributed by atoms with Gasteiger partial charge in [0.1, 0.15) is 22.1 Å². The third-order valence-corrected chi connectivity index (χ3v) is 11.8. The van der Waals surface area contributed by atoms with Gasteiger partial charge in [0.15, 0.2) is 0 Å². The van der Waals surface area contributed by atoms with Gasteiger partial charge in [0.25, 0.3) is 0 Å². The number of aryl methyl sites for hydroxylation is 4. The summed E-state index contributed by atoms with van der Waals surface area (Å²) in [6.45, 7) is 8.62. The lowest BCUT2D eigenvalue weighted by Crippen LogP contribution is -1.98. The fourth-order valence-electron chi connectivity index (χ4n) is 5.04. The van der Waals surface area contributed by atoms with Crippen molar-refractivity contribution in [3.63, 3.8) is 0 Å². The van der Waals surface area contributed by atoms with Crippen LogP contribution in [0.4, 0.5) is 0 Å². The van der Waals surface area contributed by atoms with Crippen LogP contribution in [0, 0.1) is 13.8 Å². The summed E-state index contributed by atoms with van der Waals surface area (Å²) in [4.78, 5) is 12.7. The second kappa shape index (κ2) is 13.1. The summed E-state index contributed by atoms with van der Waals surface area (Å²) in [5.41, 5.74) is 10.5. The number of fused-ring (bicyclic) bond motifs is 2. The summed E-state index contributed by atoms with van der Waals surface area (Å²) in [7, 11) is 0. The first-order valence-corrected chi connectivity index (χ1v) is 17.9. The van der Waals surface area contributed by atoms with E-state index in [-0.39, 0.29) is 0 Å². The van der Waals surface area contributed by atoms with Crippen molar-refractivity contribution in [2.75, 3.05) is 0 Å². The summed E-state index contributed by atoms with van der Waals surface area (Å²) < 4.78 is 12.1. The van der Waals surface area contributed by atoms with E-state index in [0.29, 0.717) is 0 Å². The minimum atomic E-state index is 0.925. The summed E-state index contributed by atoms with van der Waals surface area (Å²) >= 11 is 12.6. The number of hydrogen-bond donors (Lipinski definition) is 0. The molecule has 1 aromatic carbocycles. The van der Waals surface area contributed by atoms with Crippen LogP contribution in [0.5, 0.6) is 0 Å². The van der Waals surface area contributed by atoms with Gasteiger partial charge in [-0.15, -0.1) is 22.7 Å². The van der Waals surface area contributed by atoms with Crippen LogP contribution in [0.1, 0.15) is 87.7 Å². The van der Waals surface area contributed by atoms with Gasteiger partial charge in [-0.25, -0.2) is 9.97 Å². The fraction of sp³-hybridized carbons (Fsp3) is 0.467. The van der Waals surface area contributed by atoms with Crippen molar-refractivity contribution in [3.05, 3.63) is 42.2 Å². The summed E-state index contributed by atoms with van der Waals surface area (Å²) in [6, 6.07) is 4.67. The van der Waals surface area contributed by atoms with E-state index >= 15 is 0 Å². The van der Waals surface area contributed by atoms with Crippen molar-refractivity contribution in [1.82, 2.24) is 18.7 Å². The zero-order valence-electron chi connectivity index (χ0n) is 23.0. The van der Waals surface area contributed by atoms with Crippen molar-refractivity contribution in [1.29, 1.82) is 0 Å². The van der Waals surface area contributed by atoms with Crippen molar-refractivity contribution < 1.29 is 0 Å². The average molecular weight is 707 g/mol. The maximum absolute atomic E-state index is 5.15. The highest BCUT2D eigenvalue weighted by Crippen LogP contribution is 2.47. The molecule has 0 radical (unpaired) electrons. The van der Waals surface area contributed by atoms with Crippen LogP contribution in [0.2, 0.25) is 0 Å². The van der Waals surface area contributed by atoms with Gasteiger partial charge in [-0.3, -0.25) is 0 Å². The van der Waals surface area contributed by atoms with Gasteiger partial charge in [-0.2, -0.15) is 8.75 Å². The van der Waals surface area contributed by atoms with Gasteiger partial charge >= 0.3 is 0 Å². The number of aromatic nitrogens is 4. The third kappa shape index (κ3) is 6.17. The molecule has 4 aromatic heterocycles. The molecule has 0 spiro atoms. The molecule has 4 nitrogen and oxygen atoms in total. The van der Waals surface area contributed by atoms with Crippen LogP contribution in [0.15, 0.2) is 19.7 Å². The Balaban J connectivity index is 1.65. The standard InChI is InChI=1S/C30H34Br2N4S3/c1-5-7-9-11-13-19-15-21(37-29(19)31)23-25-26(34-18(4)17(3)33-25)24(28-27(23)35-39-36-28)22-16-20(30(32)38-22)14-12-10-8-6-2/h15-16H,5-14H2,1-4H3. The highest BCUT2D eigenvalue weighted by molar-refractivity contribution is 9.11. The van der Waals surface area contributed by atoms with E-state index in [0.717, 1.165) is 57.4 Å². The predicted octanol–water partition coefficient (Wildman–Crippen LogP) is 11.5. The molecular formula is C30H34Br2N4S3. The van der Waals surface area contributed by atoms with Crippen molar-refractivity contribution in [3.8, 4) is 20.9 Å². The molecular weight excluding hydrogens is 672 g/mol. The second-order valence-electron chi connectivity index (χ2n) is 10.2. The number of nitrogens with zero attached hydrogens (tertiary/aromatic N) is 4. The van der Waals surface area contributed by atoms with Crippen LogP contribution >= 0.6 is 66.3 Å². The minimum Gasteiger partial charge on any atom is -0.249 e. The smallest absolute Gasteiger partial charge is 0.116 e. The molecule has 0 saturated carbocycles. The minimum absolute atomic E-state index is 0.925. The molecule has 0 bridgehead atoms. The third-order valence-electron chi connectivity index (χ3n) is 7.35. The number of hydrogen-bond acceptors (Lipinski definition) is 7. The molecule has 0 amide bonds. The first-order chi connectivity index (χ1) is 18.9. The number of unbranched alkanes of at least 4 members (excludes halogenated alkanes) is 6. The molecule has 0 unspecified atom stereocenters. The van der Waals surface area contributed by atoms with Gasteiger partial charge in [0, 0.05) is 20.9 Å². The van der Waals surface area contributed by atoms with E-state index in [1.54, 1.807) is 22.7 Å². The Morgan fingerprint density at radius 2 is 1.05 bits per heavy atom. The highest BCUT2D eigenvalue weighted by atomic mass is 79.9. The molecule has 9 heteroatoms. The lowest BCUT2D eigenvalue weighted by molar-refractivity contribution is 0.667. The summed E-state index contributed by atoms with van der Waals surface area (Å²) in [6.07, 6.45) is 12.2. The first kappa shape index (κ1) is 29.2. The number of rotatable bonds is 12. The monoisotopic (exact) mass is 704 g/mol. The maximum Gasteiger partial charge on any atom is 0.116 e. The second-order valence-corrected chi connectivity index (χ2v) is 15.5. The van der Waals surface area contributed by atoms with E-state index in [2.05, 4.69) is 57.8 Å². The molecule has 0 aliphatic heterocycles. The SMILES string of the molecule is CCCCCCc1cc(-c2c3nsnc3c(-c3cc(CCCCCC)c(Br)s3)c3nc(C)c(C)nc23)sc1Br. The van der Waals surface area contributed by atoms with E-state index in [1.807, 2.05) is 13.8 Å². The molecule has 0 N–H and O–H groups in total. The quantitative estimate of drug-likeness (QED) is 0.121. The van der Waals surface area contributed by atoms with Gasteiger partial charge in [0.2, 0.25) is 0 Å². The van der Waals surface area contributed by atoms with E-state index in [4.69, 9.17) is 18.7 Å². The Morgan fingerprint density at radius 1 is 0.615 bits per heavy atom. The number of benzene rings is 1. The topological polar surface area (TPSA) is 51.6 Å². The van der Waals surface area contributed by atoms with Gasteiger partial charge in [-0.1, -0.05) is 52.4 Å². The molecule has 5 aromatic rings. The Labute approximate surface area is 260 Å². The highest BCUT2D eigenvalue weighted by Gasteiger charge is 2.25. The van der Waals surface area contributed by atoms with Crippen molar-refractivity contribution >= 4 is 88.3 Å². The number of halogens is 2. The fourth-order valence-corrected chi connectivity index (χ4v) is 9.24. The molecule has 0 atom stereocenters. The Morgan fingerprint density at radius 3 is 1.46 bits per heavy atom. The molecule has 0 aliphatic rings. The van der Waals surface area contributed by atoms with Gasteiger partial charge < -0.3 is 0 Å². The lowest BCUT2D eigenvalue weighted by atomic mass is 10.00. The van der Waals surface area contributed by atoms with Crippen LogP contribution in [-0.2, 0) is 12.8 Å². The normalized spacial score (nSPS) is 11.8. The zero-order chi connectivity index (χ0) is 27.5. The predicted molar refractivity (Wildman–Crippen MR) is 178 cm³/mol. The maximum atomic E-state index is 5.15. The molecule has 0 fully saturated rings. The molecule has 0 saturated heterocycles. The van der Waals surface area contributed by atoms with Crippen LogP contribution in [0.25, 0.3) is 42.9 Å². The van der Waals surface area contributed by atoms with Crippen molar-refractivity contribution in [2.45, 2.75) is 91.9 Å².